The van der Waals surface area contributed by atoms with Crippen LogP contribution in [0, 0.1) is 0 Å². The van der Waals surface area contributed by atoms with Gasteiger partial charge in [0.25, 0.3) is 0 Å². The van der Waals surface area contributed by atoms with Crippen molar-refractivity contribution < 1.29 is 14.3 Å². The molecule has 6 heteroatoms. The first-order chi connectivity index (χ1) is 7.56. The van der Waals surface area contributed by atoms with Crippen LogP contribution in [0.15, 0.2) is 27.1 Å². The van der Waals surface area contributed by atoms with E-state index in [-0.39, 0.29) is 6.54 Å². The van der Waals surface area contributed by atoms with Crippen LogP contribution in [-0.4, -0.2) is 11.2 Å². The number of halogens is 2. The number of carbonyl (C=O) groups is 1. The quantitative estimate of drug-likeness (QED) is 0.891. The SMILES string of the molecule is O=C(O)NCc1cc2c(Br)cc(Cl)cc2o1. The van der Waals surface area contributed by atoms with Crippen molar-refractivity contribution in [1.82, 2.24) is 5.32 Å². The van der Waals surface area contributed by atoms with Gasteiger partial charge in [-0.15, -0.1) is 0 Å². The third-order valence-electron chi connectivity index (χ3n) is 2.02. The third-order valence-corrected chi connectivity index (χ3v) is 2.89. The van der Waals surface area contributed by atoms with E-state index in [1.54, 1.807) is 18.2 Å². The Morgan fingerprint density at radius 2 is 2.25 bits per heavy atom. The Hall–Kier alpha value is -1.20. The first kappa shape index (κ1) is 11.3. The highest BCUT2D eigenvalue weighted by Crippen LogP contribution is 2.30. The summed E-state index contributed by atoms with van der Waals surface area (Å²) >= 11 is 9.22. The van der Waals surface area contributed by atoms with Gasteiger partial charge in [-0.3, -0.25) is 0 Å². The van der Waals surface area contributed by atoms with Gasteiger partial charge in [0.15, 0.2) is 0 Å². The van der Waals surface area contributed by atoms with E-state index >= 15 is 0 Å². The fraction of sp³-hybridized carbons (Fsp3) is 0.100. The number of furan rings is 1. The van der Waals surface area contributed by atoms with Crippen LogP contribution >= 0.6 is 27.5 Å². The van der Waals surface area contributed by atoms with Crippen LogP contribution in [0.25, 0.3) is 11.0 Å². The van der Waals surface area contributed by atoms with E-state index < -0.39 is 6.09 Å². The maximum Gasteiger partial charge on any atom is 0.405 e. The van der Waals surface area contributed by atoms with Gasteiger partial charge in [-0.05, 0) is 28.1 Å². The summed E-state index contributed by atoms with van der Waals surface area (Å²) in [4.78, 5) is 10.3. The molecule has 1 aromatic carbocycles. The Kier molecular flexibility index (Phi) is 3.07. The molecule has 84 valence electrons. The molecule has 1 amide bonds. The van der Waals surface area contributed by atoms with Crippen molar-refractivity contribution in [1.29, 1.82) is 0 Å². The molecule has 0 aliphatic rings. The summed E-state index contributed by atoms with van der Waals surface area (Å²) in [7, 11) is 0. The van der Waals surface area contributed by atoms with E-state index in [4.69, 9.17) is 21.1 Å². The fourth-order valence-corrected chi connectivity index (χ4v) is 2.26. The number of carboxylic acid groups (broad SMARTS) is 1. The number of amides is 1. The Morgan fingerprint density at radius 1 is 1.50 bits per heavy atom. The van der Waals surface area contributed by atoms with Crippen LogP contribution in [0.4, 0.5) is 4.79 Å². The normalized spacial score (nSPS) is 10.6. The minimum absolute atomic E-state index is 0.133. The zero-order valence-corrected chi connectivity index (χ0v) is 10.3. The summed E-state index contributed by atoms with van der Waals surface area (Å²) < 4.78 is 6.26. The van der Waals surface area contributed by atoms with Crippen molar-refractivity contribution in [2.75, 3.05) is 0 Å². The van der Waals surface area contributed by atoms with Crippen molar-refractivity contribution >= 4 is 44.6 Å². The van der Waals surface area contributed by atoms with Crippen LogP contribution in [-0.2, 0) is 6.54 Å². The van der Waals surface area contributed by atoms with Crippen molar-refractivity contribution in [2.45, 2.75) is 6.54 Å². The molecule has 0 aliphatic heterocycles. The Bertz CT molecular complexity index is 552. The minimum Gasteiger partial charge on any atom is -0.465 e. The average molecular weight is 305 g/mol. The van der Waals surface area contributed by atoms with Gasteiger partial charge in [0.05, 0.1) is 6.54 Å². The molecule has 0 bridgehead atoms. The molecule has 2 N–H and O–H groups in total. The first-order valence-corrected chi connectivity index (χ1v) is 5.57. The zero-order chi connectivity index (χ0) is 11.7. The molecule has 0 unspecified atom stereocenters. The summed E-state index contributed by atoms with van der Waals surface area (Å²) in [6, 6.07) is 5.21. The summed E-state index contributed by atoms with van der Waals surface area (Å²) in [5, 5.41) is 12.1. The molecule has 2 rings (SSSR count). The van der Waals surface area contributed by atoms with Crippen LogP contribution in [0.5, 0.6) is 0 Å². The highest BCUT2D eigenvalue weighted by molar-refractivity contribution is 9.10. The number of nitrogens with one attached hydrogen (secondary N) is 1. The fourth-order valence-electron chi connectivity index (χ4n) is 1.37. The van der Waals surface area contributed by atoms with E-state index in [1.807, 2.05) is 0 Å². The number of hydrogen-bond donors (Lipinski definition) is 2. The molecular formula is C10H7BrClNO3. The monoisotopic (exact) mass is 303 g/mol. The Morgan fingerprint density at radius 3 is 2.94 bits per heavy atom. The number of fused-ring (bicyclic) bond motifs is 1. The van der Waals surface area contributed by atoms with Crippen LogP contribution < -0.4 is 5.32 Å². The largest absolute Gasteiger partial charge is 0.465 e. The molecule has 0 radical (unpaired) electrons. The first-order valence-electron chi connectivity index (χ1n) is 4.40. The third kappa shape index (κ3) is 2.31. The molecule has 0 saturated heterocycles. The molecular weight excluding hydrogens is 297 g/mol. The molecule has 1 aromatic heterocycles. The molecule has 4 nitrogen and oxygen atoms in total. The van der Waals surface area contributed by atoms with E-state index in [1.165, 1.54) is 0 Å². The van der Waals surface area contributed by atoms with Gasteiger partial charge in [0, 0.05) is 20.9 Å². The lowest BCUT2D eigenvalue weighted by Gasteiger charge is -1.94. The van der Waals surface area contributed by atoms with Gasteiger partial charge in [-0.1, -0.05) is 11.6 Å². The highest BCUT2D eigenvalue weighted by atomic mass is 79.9. The van der Waals surface area contributed by atoms with Gasteiger partial charge in [0.2, 0.25) is 0 Å². The molecule has 16 heavy (non-hydrogen) atoms. The Labute approximate surface area is 104 Å². The van der Waals surface area contributed by atoms with E-state index in [0.29, 0.717) is 16.4 Å². The lowest BCUT2D eigenvalue weighted by atomic mass is 10.2. The van der Waals surface area contributed by atoms with Gasteiger partial charge in [0.1, 0.15) is 11.3 Å². The van der Waals surface area contributed by atoms with Gasteiger partial charge in [-0.2, -0.15) is 0 Å². The maximum atomic E-state index is 10.3. The van der Waals surface area contributed by atoms with Crippen LogP contribution in [0.1, 0.15) is 5.76 Å². The highest BCUT2D eigenvalue weighted by Gasteiger charge is 2.08. The van der Waals surface area contributed by atoms with Gasteiger partial charge < -0.3 is 14.8 Å². The van der Waals surface area contributed by atoms with Crippen molar-refractivity contribution in [3.05, 3.63) is 33.5 Å². The maximum absolute atomic E-state index is 10.3. The van der Waals surface area contributed by atoms with E-state index in [9.17, 15) is 4.79 Å². The standard InChI is InChI=1S/C10H7BrClNO3/c11-8-1-5(12)2-9-7(8)3-6(16-9)4-13-10(14)15/h1-3,13H,4H2,(H,14,15). The smallest absolute Gasteiger partial charge is 0.405 e. The predicted molar refractivity (Wildman–Crippen MR) is 63.8 cm³/mol. The summed E-state index contributed by atoms with van der Waals surface area (Å²) in [6.45, 7) is 0.133. The number of benzene rings is 1. The number of hydrogen-bond acceptors (Lipinski definition) is 2. The summed E-state index contributed by atoms with van der Waals surface area (Å²) in [6.07, 6.45) is -1.09. The van der Waals surface area contributed by atoms with Crippen molar-refractivity contribution in [3.63, 3.8) is 0 Å². The van der Waals surface area contributed by atoms with Crippen LogP contribution in [0.3, 0.4) is 0 Å². The minimum atomic E-state index is -1.09. The van der Waals surface area contributed by atoms with Gasteiger partial charge >= 0.3 is 6.09 Å². The molecule has 0 atom stereocenters. The number of rotatable bonds is 2. The molecule has 2 aromatic rings. The molecule has 0 saturated carbocycles. The molecule has 0 fully saturated rings. The second-order valence-corrected chi connectivity index (χ2v) is 4.46. The molecule has 1 heterocycles. The second kappa shape index (κ2) is 4.35. The molecule has 0 aliphatic carbocycles. The Balaban J connectivity index is 2.36. The van der Waals surface area contributed by atoms with Crippen molar-refractivity contribution in [3.8, 4) is 0 Å². The second-order valence-electron chi connectivity index (χ2n) is 3.17. The van der Waals surface area contributed by atoms with Gasteiger partial charge in [-0.25, -0.2) is 4.79 Å². The van der Waals surface area contributed by atoms with Crippen LogP contribution in [0.2, 0.25) is 5.02 Å². The van der Waals surface area contributed by atoms with Crippen molar-refractivity contribution in [2.24, 2.45) is 0 Å². The molecule has 0 spiro atoms. The predicted octanol–water partition coefficient (Wildman–Crippen LogP) is 3.62. The van der Waals surface area contributed by atoms with E-state index in [2.05, 4.69) is 21.2 Å². The lowest BCUT2D eigenvalue weighted by molar-refractivity contribution is 0.193. The average Bonchev–Trinajstić information content (AvgIpc) is 2.57. The lowest BCUT2D eigenvalue weighted by Crippen LogP contribution is -2.19. The van der Waals surface area contributed by atoms with E-state index in [0.717, 1.165) is 9.86 Å². The zero-order valence-electron chi connectivity index (χ0n) is 7.96. The summed E-state index contributed by atoms with van der Waals surface area (Å²) in [5.74, 6) is 0.542. The summed E-state index contributed by atoms with van der Waals surface area (Å²) in [5.41, 5.74) is 0.626. The topological polar surface area (TPSA) is 62.5 Å².